The maximum Gasteiger partial charge on any atom is 0.0119 e. The minimum atomic E-state index is 0.539. The third kappa shape index (κ3) is 2.36. The summed E-state index contributed by atoms with van der Waals surface area (Å²) >= 11 is 0. The lowest BCUT2D eigenvalue weighted by atomic mass is 9.88. The Morgan fingerprint density at radius 2 is 2.27 bits per heavy atom. The highest BCUT2D eigenvalue weighted by Crippen LogP contribution is 2.32. The average Bonchev–Trinajstić information content (AvgIpc) is 2.75. The topological polar surface area (TPSA) is 15.3 Å². The van der Waals surface area contributed by atoms with Crippen molar-refractivity contribution in [2.24, 2.45) is 11.3 Å². The molecule has 0 saturated carbocycles. The van der Waals surface area contributed by atoms with Gasteiger partial charge in [0.1, 0.15) is 0 Å². The highest BCUT2D eigenvalue weighted by Gasteiger charge is 2.36. The van der Waals surface area contributed by atoms with Gasteiger partial charge in [0.2, 0.25) is 0 Å². The molecule has 2 aliphatic heterocycles. The summed E-state index contributed by atoms with van der Waals surface area (Å²) in [6.45, 7) is 12.3. The SMILES string of the molecule is CCC1C(C)CCN1CC1(C)CCNC1. The fourth-order valence-corrected chi connectivity index (χ4v) is 3.44. The second-order valence-corrected chi connectivity index (χ2v) is 5.95. The molecule has 0 aromatic carbocycles. The lowest BCUT2D eigenvalue weighted by Crippen LogP contribution is -2.41. The van der Waals surface area contributed by atoms with Crippen molar-refractivity contribution in [2.45, 2.75) is 46.1 Å². The molecule has 3 atom stereocenters. The van der Waals surface area contributed by atoms with Crippen molar-refractivity contribution in [3.05, 3.63) is 0 Å². The van der Waals surface area contributed by atoms with E-state index in [4.69, 9.17) is 0 Å². The molecule has 0 spiro atoms. The quantitative estimate of drug-likeness (QED) is 0.767. The summed E-state index contributed by atoms with van der Waals surface area (Å²) in [5, 5.41) is 3.50. The number of hydrogen-bond acceptors (Lipinski definition) is 2. The number of hydrogen-bond donors (Lipinski definition) is 1. The normalized spacial score (nSPS) is 42.6. The summed E-state index contributed by atoms with van der Waals surface area (Å²) in [7, 11) is 0. The first-order chi connectivity index (χ1) is 7.14. The van der Waals surface area contributed by atoms with Gasteiger partial charge in [-0.2, -0.15) is 0 Å². The lowest BCUT2D eigenvalue weighted by molar-refractivity contribution is 0.150. The summed E-state index contributed by atoms with van der Waals surface area (Å²) < 4.78 is 0. The van der Waals surface area contributed by atoms with E-state index in [2.05, 4.69) is 31.0 Å². The van der Waals surface area contributed by atoms with Crippen molar-refractivity contribution < 1.29 is 0 Å². The number of likely N-dealkylation sites (tertiary alicyclic amines) is 1. The third-order valence-corrected chi connectivity index (χ3v) is 4.46. The van der Waals surface area contributed by atoms with Crippen LogP contribution in [0.25, 0.3) is 0 Å². The van der Waals surface area contributed by atoms with E-state index < -0.39 is 0 Å². The maximum atomic E-state index is 3.50. The van der Waals surface area contributed by atoms with Gasteiger partial charge < -0.3 is 5.32 Å². The van der Waals surface area contributed by atoms with Gasteiger partial charge in [-0.05, 0) is 43.7 Å². The maximum absolute atomic E-state index is 3.50. The molecule has 0 bridgehead atoms. The van der Waals surface area contributed by atoms with Crippen LogP contribution in [0.5, 0.6) is 0 Å². The van der Waals surface area contributed by atoms with Crippen LogP contribution in [0, 0.1) is 11.3 Å². The first-order valence-corrected chi connectivity index (χ1v) is 6.59. The molecular formula is C13H26N2. The molecule has 0 aromatic rings. The van der Waals surface area contributed by atoms with E-state index in [0.717, 1.165) is 12.0 Å². The Morgan fingerprint density at radius 1 is 1.47 bits per heavy atom. The summed E-state index contributed by atoms with van der Waals surface area (Å²) in [5.41, 5.74) is 0.539. The van der Waals surface area contributed by atoms with Gasteiger partial charge in [-0.25, -0.2) is 0 Å². The van der Waals surface area contributed by atoms with E-state index in [1.807, 2.05) is 0 Å². The lowest BCUT2D eigenvalue weighted by Gasteiger charge is -2.33. The highest BCUT2D eigenvalue weighted by molar-refractivity contribution is 4.91. The Kier molecular flexibility index (Phi) is 3.36. The van der Waals surface area contributed by atoms with Crippen LogP contribution >= 0.6 is 0 Å². The molecular weight excluding hydrogens is 184 g/mol. The molecule has 2 heteroatoms. The van der Waals surface area contributed by atoms with E-state index in [0.29, 0.717) is 5.41 Å². The fourth-order valence-electron chi connectivity index (χ4n) is 3.44. The largest absolute Gasteiger partial charge is 0.316 e. The first-order valence-electron chi connectivity index (χ1n) is 6.59. The molecule has 0 aliphatic carbocycles. The molecule has 3 unspecified atom stereocenters. The third-order valence-electron chi connectivity index (χ3n) is 4.46. The van der Waals surface area contributed by atoms with E-state index in [1.165, 1.54) is 45.4 Å². The zero-order valence-electron chi connectivity index (χ0n) is 10.6. The molecule has 2 saturated heterocycles. The summed E-state index contributed by atoms with van der Waals surface area (Å²) in [6, 6.07) is 0.849. The molecule has 2 rings (SSSR count). The summed E-state index contributed by atoms with van der Waals surface area (Å²) in [6.07, 6.45) is 4.08. The second kappa shape index (κ2) is 4.42. The molecule has 15 heavy (non-hydrogen) atoms. The van der Waals surface area contributed by atoms with Gasteiger partial charge in [-0.3, -0.25) is 4.90 Å². The van der Waals surface area contributed by atoms with Gasteiger partial charge in [0.15, 0.2) is 0 Å². The molecule has 0 aromatic heterocycles. The standard InChI is InChI=1S/C13H26N2/c1-4-12-11(2)5-8-15(12)10-13(3)6-7-14-9-13/h11-12,14H,4-10H2,1-3H3. The van der Waals surface area contributed by atoms with Crippen LogP contribution < -0.4 is 5.32 Å². The zero-order chi connectivity index (χ0) is 10.9. The number of nitrogens with one attached hydrogen (secondary N) is 1. The Balaban J connectivity index is 1.93. The summed E-state index contributed by atoms with van der Waals surface area (Å²) in [5.74, 6) is 0.910. The van der Waals surface area contributed by atoms with Gasteiger partial charge in [-0.15, -0.1) is 0 Å². The van der Waals surface area contributed by atoms with Crippen molar-refractivity contribution >= 4 is 0 Å². The van der Waals surface area contributed by atoms with Crippen molar-refractivity contribution in [1.29, 1.82) is 0 Å². The van der Waals surface area contributed by atoms with E-state index >= 15 is 0 Å². The molecule has 88 valence electrons. The Hall–Kier alpha value is -0.0800. The van der Waals surface area contributed by atoms with Crippen LogP contribution in [0.4, 0.5) is 0 Å². The van der Waals surface area contributed by atoms with Gasteiger partial charge in [0.25, 0.3) is 0 Å². The van der Waals surface area contributed by atoms with Gasteiger partial charge >= 0.3 is 0 Å². The van der Waals surface area contributed by atoms with Gasteiger partial charge in [0, 0.05) is 19.1 Å². The van der Waals surface area contributed by atoms with Crippen molar-refractivity contribution in [2.75, 3.05) is 26.2 Å². The second-order valence-electron chi connectivity index (χ2n) is 5.95. The van der Waals surface area contributed by atoms with Gasteiger partial charge in [0.05, 0.1) is 0 Å². The zero-order valence-corrected chi connectivity index (χ0v) is 10.6. The molecule has 2 fully saturated rings. The van der Waals surface area contributed by atoms with Crippen molar-refractivity contribution in [3.63, 3.8) is 0 Å². The van der Waals surface area contributed by atoms with Gasteiger partial charge in [-0.1, -0.05) is 20.8 Å². The van der Waals surface area contributed by atoms with Crippen LogP contribution in [0.15, 0.2) is 0 Å². The monoisotopic (exact) mass is 210 g/mol. The minimum Gasteiger partial charge on any atom is -0.316 e. The molecule has 1 N–H and O–H groups in total. The Bertz CT molecular complexity index is 209. The van der Waals surface area contributed by atoms with Crippen molar-refractivity contribution in [3.8, 4) is 0 Å². The molecule has 0 radical (unpaired) electrons. The molecule has 2 nitrogen and oxygen atoms in total. The van der Waals surface area contributed by atoms with E-state index in [9.17, 15) is 0 Å². The Labute approximate surface area is 94.4 Å². The van der Waals surface area contributed by atoms with Crippen LogP contribution in [0.2, 0.25) is 0 Å². The Morgan fingerprint density at radius 3 is 2.87 bits per heavy atom. The van der Waals surface area contributed by atoms with Crippen LogP contribution in [-0.4, -0.2) is 37.1 Å². The fraction of sp³-hybridized carbons (Fsp3) is 1.00. The minimum absolute atomic E-state index is 0.539. The van der Waals surface area contributed by atoms with E-state index in [1.54, 1.807) is 0 Å². The number of nitrogens with zero attached hydrogens (tertiary/aromatic N) is 1. The molecule has 2 heterocycles. The van der Waals surface area contributed by atoms with Crippen LogP contribution in [0.1, 0.15) is 40.0 Å². The van der Waals surface area contributed by atoms with Crippen LogP contribution in [0.3, 0.4) is 0 Å². The highest BCUT2D eigenvalue weighted by atomic mass is 15.2. The average molecular weight is 210 g/mol. The predicted molar refractivity (Wildman–Crippen MR) is 65.0 cm³/mol. The number of rotatable bonds is 3. The predicted octanol–water partition coefficient (Wildman–Crippen LogP) is 2.11. The molecule has 0 amide bonds. The van der Waals surface area contributed by atoms with E-state index in [-0.39, 0.29) is 0 Å². The summed E-state index contributed by atoms with van der Waals surface area (Å²) in [4.78, 5) is 2.75. The first kappa shape index (κ1) is 11.4. The van der Waals surface area contributed by atoms with Crippen LogP contribution in [-0.2, 0) is 0 Å². The molecule has 2 aliphatic rings. The van der Waals surface area contributed by atoms with Crippen molar-refractivity contribution in [1.82, 2.24) is 10.2 Å². The smallest absolute Gasteiger partial charge is 0.0119 e.